The Morgan fingerprint density at radius 2 is 2.29 bits per heavy atom. The zero-order valence-corrected chi connectivity index (χ0v) is 19.2. The second kappa shape index (κ2) is 10.3. The van der Waals surface area contributed by atoms with E-state index in [1.165, 1.54) is 22.2 Å². The van der Waals surface area contributed by atoms with Gasteiger partial charge < -0.3 is 15.0 Å². The lowest BCUT2D eigenvalue weighted by atomic mass is 10.2. The maximum atomic E-state index is 12.5. The summed E-state index contributed by atoms with van der Waals surface area (Å²) in [7, 11) is 0. The Morgan fingerprint density at radius 1 is 1.39 bits per heavy atom. The predicted octanol–water partition coefficient (Wildman–Crippen LogP) is 3.60. The fraction of sp³-hybridized carbons (Fsp3) is 0.455. The first kappa shape index (κ1) is 21.8. The molecule has 7 nitrogen and oxygen atoms in total. The molecule has 1 amide bonds. The van der Waals surface area contributed by atoms with Crippen molar-refractivity contribution in [2.24, 2.45) is 0 Å². The van der Waals surface area contributed by atoms with Crippen LogP contribution >= 0.6 is 23.1 Å². The zero-order chi connectivity index (χ0) is 21.6. The highest BCUT2D eigenvalue weighted by Gasteiger charge is 2.21. The number of aromatic amines is 1. The molecule has 0 saturated carbocycles. The highest BCUT2D eigenvalue weighted by atomic mass is 32.2. The van der Waals surface area contributed by atoms with E-state index in [-0.39, 0.29) is 17.2 Å². The van der Waals surface area contributed by atoms with Gasteiger partial charge in [0.15, 0.2) is 0 Å². The summed E-state index contributed by atoms with van der Waals surface area (Å²) in [6.07, 6.45) is 6.84. The van der Waals surface area contributed by atoms with Crippen LogP contribution < -0.4 is 15.6 Å². The average Bonchev–Trinajstić information content (AvgIpc) is 3.34. The second-order valence-corrected chi connectivity index (χ2v) is 9.56. The molecule has 4 rings (SSSR count). The first-order chi connectivity index (χ1) is 15.2. The smallest absolute Gasteiger partial charge is 0.259 e. The maximum Gasteiger partial charge on any atom is 0.259 e. The summed E-state index contributed by atoms with van der Waals surface area (Å²) < 4.78 is 5.71. The Labute approximate surface area is 189 Å². The molecular weight excluding hydrogens is 432 g/mol. The standard InChI is InChI=1S/C22H26N4O3S2/c1-2-3-10-29-21-14(6-5-9-23-21)11-24-18(27)13-30-12-17-25-20(28)19-15-7-4-8-16(15)31-22(19)26-17/h5-6,9H,2-4,7-8,10-13H2,1H3,(H,24,27)(H,25,26,28). The molecule has 31 heavy (non-hydrogen) atoms. The van der Waals surface area contributed by atoms with Crippen LogP contribution in [0.25, 0.3) is 10.2 Å². The van der Waals surface area contributed by atoms with E-state index in [2.05, 4.69) is 27.2 Å². The molecule has 0 radical (unpaired) electrons. The van der Waals surface area contributed by atoms with Gasteiger partial charge in [-0.05, 0) is 37.3 Å². The van der Waals surface area contributed by atoms with Crippen molar-refractivity contribution in [1.29, 1.82) is 0 Å². The lowest BCUT2D eigenvalue weighted by Gasteiger charge is -2.10. The van der Waals surface area contributed by atoms with Gasteiger partial charge in [-0.1, -0.05) is 19.4 Å². The number of amides is 1. The van der Waals surface area contributed by atoms with Crippen molar-refractivity contribution in [3.8, 4) is 5.88 Å². The number of pyridine rings is 1. The number of carbonyl (C=O) groups is 1. The number of hydrogen-bond donors (Lipinski definition) is 2. The van der Waals surface area contributed by atoms with E-state index in [0.29, 0.717) is 30.6 Å². The SMILES string of the molecule is CCCCOc1ncccc1CNC(=O)CSCc1nc2sc3c(c2c(=O)[nH]1)CCC3. The minimum absolute atomic E-state index is 0.0587. The number of hydrogen-bond acceptors (Lipinski definition) is 7. The maximum absolute atomic E-state index is 12.5. The number of rotatable bonds is 10. The number of nitrogens with one attached hydrogen (secondary N) is 2. The normalized spacial score (nSPS) is 12.8. The largest absolute Gasteiger partial charge is 0.477 e. The summed E-state index contributed by atoms with van der Waals surface area (Å²) in [5.74, 6) is 1.89. The molecule has 3 aromatic heterocycles. The van der Waals surface area contributed by atoms with E-state index < -0.39 is 0 Å². The lowest BCUT2D eigenvalue weighted by Crippen LogP contribution is -2.25. The highest BCUT2D eigenvalue weighted by molar-refractivity contribution is 7.99. The van der Waals surface area contributed by atoms with E-state index >= 15 is 0 Å². The number of aryl methyl sites for hydroxylation is 2. The number of thioether (sulfide) groups is 1. The molecule has 0 fully saturated rings. The fourth-order valence-electron chi connectivity index (χ4n) is 3.60. The topological polar surface area (TPSA) is 97.0 Å². The van der Waals surface area contributed by atoms with Crippen LogP contribution in [-0.4, -0.2) is 33.2 Å². The summed E-state index contributed by atoms with van der Waals surface area (Å²) in [5, 5.41) is 3.67. The number of nitrogens with zero attached hydrogens (tertiary/aromatic N) is 2. The van der Waals surface area contributed by atoms with Gasteiger partial charge in [0.2, 0.25) is 11.8 Å². The molecule has 1 aliphatic carbocycles. The predicted molar refractivity (Wildman–Crippen MR) is 125 cm³/mol. The number of carbonyl (C=O) groups excluding carboxylic acids is 1. The van der Waals surface area contributed by atoms with Crippen molar-refractivity contribution in [2.45, 2.75) is 51.3 Å². The number of aromatic nitrogens is 3. The molecule has 9 heteroatoms. The lowest BCUT2D eigenvalue weighted by molar-refractivity contribution is -0.118. The van der Waals surface area contributed by atoms with E-state index in [1.807, 2.05) is 12.1 Å². The van der Waals surface area contributed by atoms with E-state index in [1.54, 1.807) is 17.5 Å². The van der Waals surface area contributed by atoms with Crippen LogP contribution in [0.5, 0.6) is 5.88 Å². The van der Waals surface area contributed by atoms with Crippen LogP contribution in [0.3, 0.4) is 0 Å². The number of fused-ring (bicyclic) bond motifs is 3. The van der Waals surface area contributed by atoms with Crippen molar-refractivity contribution < 1.29 is 9.53 Å². The summed E-state index contributed by atoms with van der Waals surface area (Å²) >= 11 is 3.06. The van der Waals surface area contributed by atoms with Gasteiger partial charge in [-0.25, -0.2) is 9.97 Å². The summed E-state index contributed by atoms with van der Waals surface area (Å²) in [6.45, 7) is 3.10. The van der Waals surface area contributed by atoms with Crippen LogP contribution in [-0.2, 0) is 29.9 Å². The first-order valence-corrected chi connectivity index (χ1v) is 12.6. The van der Waals surface area contributed by atoms with Crippen LogP contribution in [0.15, 0.2) is 23.1 Å². The first-order valence-electron chi connectivity index (χ1n) is 10.6. The van der Waals surface area contributed by atoms with Crippen molar-refractivity contribution >= 4 is 39.2 Å². The third-order valence-corrected chi connectivity index (χ3v) is 7.29. The van der Waals surface area contributed by atoms with Crippen molar-refractivity contribution in [3.05, 3.63) is 50.5 Å². The van der Waals surface area contributed by atoms with Crippen LogP contribution in [0.2, 0.25) is 0 Å². The molecule has 0 saturated heterocycles. The van der Waals surface area contributed by atoms with Gasteiger partial charge >= 0.3 is 0 Å². The van der Waals surface area contributed by atoms with Crippen LogP contribution in [0.4, 0.5) is 0 Å². The zero-order valence-electron chi connectivity index (χ0n) is 17.5. The fourth-order valence-corrected chi connectivity index (χ4v) is 5.60. The molecule has 164 valence electrons. The molecule has 0 bridgehead atoms. The molecular formula is C22H26N4O3S2. The number of ether oxygens (including phenoxy) is 1. The molecule has 0 atom stereocenters. The minimum atomic E-state index is -0.0770. The summed E-state index contributed by atoms with van der Waals surface area (Å²) in [6, 6.07) is 3.74. The molecule has 0 spiro atoms. The van der Waals surface area contributed by atoms with E-state index in [9.17, 15) is 9.59 Å². The van der Waals surface area contributed by atoms with Crippen LogP contribution in [0, 0.1) is 0 Å². The van der Waals surface area contributed by atoms with Gasteiger partial charge in [0.25, 0.3) is 5.56 Å². The molecule has 0 aromatic carbocycles. The van der Waals surface area contributed by atoms with E-state index in [0.717, 1.165) is 47.9 Å². The highest BCUT2D eigenvalue weighted by Crippen LogP contribution is 2.34. The number of unbranched alkanes of at least 4 members (excludes halogenated alkanes) is 1. The van der Waals surface area contributed by atoms with Gasteiger partial charge in [-0.2, -0.15) is 0 Å². The Bertz CT molecular complexity index is 1130. The third-order valence-electron chi connectivity index (χ3n) is 5.16. The van der Waals surface area contributed by atoms with Gasteiger partial charge in [-0.15, -0.1) is 23.1 Å². The minimum Gasteiger partial charge on any atom is -0.477 e. The Balaban J connectivity index is 1.28. The average molecular weight is 459 g/mol. The Kier molecular flexibility index (Phi) is 7.24. The third kappa shape index (κ3) is 5.27. The summed E-state index contributed by atoms with van der Waals surface area (Å²) in [5.41, 5.74) is 1.98. The van der Waals surface area contributed by atoms with E-state index in [4.69, 9.17) is 4.74 Å². The van der Waals surface area contributed by atoms with Gasteiger partial charge in [0.05, 0.1) is 23.5 Å². The Hall–Kier alpha value is -2.39. The van der Waals surface area contributed by atoms with Crippen LogP contribution in [0.1, 0.15) is 48.0 Å². The Morgan fingerprint density at radius 3 is 3.16 bits per heavy atom. The molecule has 0 unspecified atom stereocenters. The molecule has 3 aromatic rings. The molecule has 0 aliphatic heterocycles. The van der Waals surface area contributed by atoms with Crippen molar-refractivity contribution in [2.75, 3.05) is 12.4 Å². The monoisotopic (exact) mass is 458 g/mol. The molecule has 2 N–H and O–H groups in total. The van der Waals surface area contributed by atoms with Gasteiger partial charge in [0.1, 0.15) is 10.7 Å². The summed E-state index contributed by atoms with van der Waals surface area (Å²) in [4.78, 5) is 38.7. The van der Waals surface area contributed by atoms with Gasteiger partial charge in [-0.3, -0.25) is 9.59 Å². The molecule has 3 heterocycles. The van der Waals surface area contributed by atoms with Gasteiger partial charge in [0, 0.05) is 23.2 Å². The number of H-pyrrole nitrogens is 1. The second-order valence-electron chi connectivity index (χ2n) is 7.49. The number of thiophene rings is 1. The van der Waals surface area contributed by atoms with Crippen molar-refractivity contribution in [3.63, 3.8) is 0 Å². The molecule has 1 aliphatic rings. The quantitative estimate of drug-likeness (QED) is 0.451. The van der Waals surface area contributed by atoms with Crippen molar-refractivity contribution in [1.82, 2.24) is 20.3 Å².